The van der Waals surface area contributed by atoms with Gasteiger partial charge >= 0.3 is 0 Å². The Morgan fingerprint density at radius 1 is 1.04 bits per heavy atom. The van der Waals surface area contributed by atoms with Crippen molar-refractivity contribution in [2.45, 2.75) is 45.3 Å². The molecule has 1 fully saturated rings. The zero-order valence-corrected chi connectivity index (χ0v) is 17.0. The van der Waals surface area contributed by atoms with Gasteiger partial charge in [-0.25, -0.2) is 0 Å². The molecule has 1 aliphatic rings. The summed E-state index contributed by atoms with van der Waals surface area (Å²) in [6, 6.07) is 17.9. The van der Waals surface area contributed by atoms with Crippen LogP contribution in [0.5, 0.6) is 5.75 Å². The van der Waals surface area contributed by atoms with Gasteiger partial charge in [-0.05, 0) is 61.8 Å². The lowest BCUT2D eigenvalue weighted by atomic mass is 9.63. The molecule has 1 saturated heterocycles. The van der Waals surface area contributed by atoms with Crippen LogP contribution in [0.2, 0.25) is 0 Å². The molecule has 0 aliphatic carbocycles. The summed E-state index contributed by atoms with van der Waals surface area (Å²) in [5.74, 6) is 0.427. The summed E-state index contributed by atoms with van der Waals surface area (Å²) in [4.78, 5) is 0. The van der Waals surface area contributed by atoms with Crippen molar-refractivity contribution in [2.24, 2.45) is 11.3 Å². The minimum absolute atomic E-state index is 0.000189. The summed E-state index contributed by atoms with van der Waals surface area (Å²) in [5, 5.41) is 23.3. The summed E-state index contributed by atoms with van der Waals surface area (Å²) >= 11 is 0. The SMILES string of the molecule is CC1(C)C[C@](Cc2ccccc2)([C@H](CO)CNCc2ccc(O)cc2)CCO1. The largest absolute Gasteiger partial charge is 0.508 e. The first kappa shape index (κ1) is 20.8. The Labute approximate surface area is 168 Å². The second-order valence-electron chi connectivity index (χ2n) is 8.74. The minimum Gasteiger partial charge on any atom is -0.508 e. The first-order valence-electron chi connectivity index (χ1n) is 10.2. The highest BCUT2D eigenvalue weighted by Gasteiger charge is 2.45. The van der Waals surface area contributed by atoms with Crippen LogP contribution < -0.4 is 5.32 Å². The van der Waals surface area contributed by atoms with E-state index in [1.54, 1.807) is 12.1 Å². The van der Waals surface area contributed by atoms with Crippen molar-refractivity contribution >= 4 is 0 Å². The molecule has 0 aromatic heterocycles. The fourth-order valence-electron chi connectivity index (χ4n) is 4.64. The molecule has 2 aromatic carbocycles. The second-order valence-corrected chi connectivity index (χ2v) is 8.74. The lowest BCUT2D eigenvalue weighted by Gasteiger charge is -2.49. The summed E-state index contributed by atoms with van der Waals surface area (Å²) in [6.45, 7) is 6.67. The van der Waals surface area contributed by atoms with Gasteiger partial charge in [0, 0.05) is 32.2 Å². The maximum absolute atomic E-state index is 10.3. The molecule has 0 spiro atoms. The second kappa shape index (κ2) is 9.08. The van der Waals surface area contributed by atoms with Crippen LogP contribution in [-0.4, -0.2) is 35.6 Å². The van der Waals surface area contributed by atoms with Crippen molar-refractivity contribution in [2.75, 3.05) is 19.8 Å². The smallest absolute Gasteiger partial charge is 0.115 e. The maximum Gasteiger partial charge on any atom is 0.115 e. The first-order valence-corrected chi connectivity index (χ1v) is 10.2. The summed E-state index contributed by atoms with van der Waals surface area (Å²) in [6.07, 6.45) is 2.84. The van der Waals surface area contributed by atoms with Gasteiger partial charge in [-0.15, -0.1) is 0 Å². The van der Waals surface area contributed by atoms with E-state index in [1.165, 1.54) is 5.56 Å². The Bertz CT molecular complexity index is 729. The third-order valence-corrected chi connectivity index (χ3v) is 6.01. The number of benzene rings is 2. The van der Waals surface area contributed by atoms with Gasteiger partial charge < -0.3 is 20.3 Å². The van der Waals surface area contributed by atoms with E-state index < -0.39 is 0 Å². The molecule has 4 heteroatoms. The molecule has 2 atom stereocenters. The molecule has 0 amide bonds. The van der Waals surface area contributed by atoms with E-state index in [0.29, 0.717) is 0 Å². The molecule has 0 radical (unpaired) electrons. The van der Waals surface area contributed by atoms with Crippen LogP contribution in [-0.2, 0) is 17.7 Å². The average Bonchev–Trinajstić information content (AvgIpc) is 2.66. The van der Waals surface area contributed by atoms with Gasteiger partial charge in [0.25, 0.3) is 0 Å². The Morgan fingerprint density at radius 2 is 1.75 bits per heavy atom. The van der Waals surface area contributed by atoms with Crippen LogP contribution in [0.1, 0.15) is 37.8 Å². The fourth-order valence-corrected chi connectivity index (χ4v) is 4.64. The van der Waals surface area contributed by atoms with Crippen molar-refractivity contribution in [1.82, 2.24) is 5.32 Å². The van der Waals surface area contributed by atoms with Crippen LogP contribution in [0.25, 0.3) is 0 Å². The van der Waals surface area contributed by atoms with Crippen molar-refractivity contribution in [1.29, 1.82) is 0 Å². The summed E-state index contributed by atoms with van der Waals surface area (Å²) in [5.41, 5.74) is 2.26. The van der Waals surface area contributed by atoms with Crippen LogP contribution in [0.15, 0.2) is 54.6 Å². The highest BCUT2D eigenvalue weighted by atomic mass is 16.5. The average molecular weight is 384 g/mol. The molecule has 3 rings (SSSR count). The Hall–Kier alpha value is -1.88. The number of rotatable bonds is 8. The van der Waals surface area contributed by atoms with E-state index in [0.717, 1.165) is 44.5 Å². The number of phenols is 1. The Morgan fingerprint density at radius 3 is 2.39 bits per heavy atom. The van der Waals surface area contributed by atoms with Gasteiger partial charge in [-0.2, -0.15) is 0 Å². The van der Waals surface area contributed by atoms with E-state index in [2.05, 4.69) is 43.4 Å². The van der Waals surface area contributed by atoms with Crippen molar-refractivity contribution in [3.8, 4) is 5.75 Å². The zero-order chi connectivity index (χ0) is 20.0. The van der Waals surface area contributed by atoms with Crippen LogP contribution in [0.4, 0.5) is 0 Å². The van der Waals surface area contributed by atoms with Gasteiger partial charge in [0.15, 0.2) is 0 Å². The van der Waals surface area contributed by atoms with Gasteiger partial charge in [0.05, 0.1) is 5.60 Å². The van der Waals surface area contributed by atoms with Crippen LogP contribution >= 0.6 is 0 Å². The molecule has 1 aliphatic heterocycles. The predicted octanol–water partition coefficient (Wildman–Crippen LogP) is 3.91. The van der Waals surface area contributed by atoms with Gasteiger partial charge in [-0.3, -0.25) is 0 Å². The standard InChI is InChI=1S/C24H33NO3/c1-23(2)18-24(12-13-28-23,14-19-6-4-3-5-7-19)21(17-26)16-25-15-20-8-10-22(27)11-9-20/h3-11,21,25-27H,12-18H2,1-2H3/t21-,24-/m0/s1. The predicted molar refractivity (Wildman–Crippen MR) is 112 cm³/mol. The van der Waals surface area contributed by atoms with Gasteiger partial charge in [0.1, 0.15) is 5.75 Å². The number of aliphatic hydroxyl groups is 1. The molecule has 1 heterocycles. The van der Waals surface area contributed by atoms with Crippen molar-refractivity contribution in [3.63, 3.8) is 0 Å². The van der Waals surface area contributed by atoms with Crippen molar-refractivity contribution in [3.05, 3.63) is 65.7 Å². The van der Waals surface area contributed by atoms with Gasteiger partial charge in [0.2, 0.25) is 0 Å². The number of phenolic OH excluding ortho intramolecular Hbond substituents is 1. The highest BCUT2D eigenvalue weighted by Crippen LogP contribution is 2.46. The van der Waals surface area contributed by atoms with E-state index in [4.69, 9.17) is 4.74 Å². The fraction of sp³-hybridized carbons (Fsp3) is 0.500. The molecular weight excluding hydrogens is 350 g/mol. The lowest BCUT2D eigenvalue weighted by Crippen LogP contribution is -2.50. The molecule has 0 unspecified atom stereocenters. The van der Waals surface area contributed by atoms with Crippen LogP contribution in [0, 0.1) is 11.3 Å². The van der Waals surface area contributed by atoms with E-state index in [1.807, 2.05) is 18.2 Å². The van der Waals surface area contributed by atoms with Crippen LogP contribution in [0.3, 0.4) is 0 Å². The molecule has 2 aromatic rings. The molecule has 0 saturated carbocycles. The Balaban J connectivity index is 1.73. The number of hydrogen-bond acceptors (Lipinski definition) is 4. The van der Waals surface area contributed by atoms with Crippen molar-refractivity contribution < 1.29 is 14.9 Å². The third-order valence-electron chi connectivity index (χ3n) is 6.01. The zero-order valence-electron chi connectivity index (χ0n) is 17.0. The highest BCUT2D eigenvalue weighted by molar-refractivity contribution is 5.25. The first-order chi connectivity index (χ1) is 13.4. The van der Waals surface area contributed by atoms with E-state index in [9.17, 15) is 10.2 Å². The summed E-state index contributed by atoms with van der Waals surface area (Å²) < 4.78 is 6.01. The van der Waals surface area contributed by atoms with E-state index >= 15 is 0 Å². The molecule has 4 nitrogen and oxygen atoms in total. The lowest BCUT2D eigenvalue weighted by molar-refractivity contribution is -0.127. The molecule has 152 valence electrons. The number of aliphatic hydroxyl groups excluding tert-OH is 1. The quantitative estimate of drug-likeness (QED) is 0.647. The minimum atomic E-state index is -0.183. The van der Waals surface area contributed by atoms with E-state index in [-0.39, 0.29) is 29.3 Å². The number of nitrogens with one attached hydrogen (secondary N) is 1. The molecule has 28 heavy (non-hydrogen) atoms. The maximum atomic E-state index is 10.3. The Kier molecular flexibility index (Phi) is 6.76. The summed E-state index contributed by atoms with van der Waals surface area (Å²) in [7, 11) is 0. The van der Waals surface area contributed by atoms with Gasteiger partial charge in [-0.1, -0.05) is 42.5 Å². The molecule has 0 bridgehead atoms. The molecule has 3 N–H and O–H groups in total. The normalized spacial score (nSPS) is 22.7. The number of hydrogen-bond donors (Lipinski definition) is 3. The molecular formula is C24H33NO3. The topological polar surface area (TPSA) is 61.7 Å². The number of ether oxygens (including phenoxy) is 1. The monoisotopic (exact) mass is 383 g/mol. The number of aromatic hydroxyl groups is 1. The third kappa shape index (κ3) is 5.34.